The number of hydrogen-bond acceptors (Lipinski definition) is 3. The van der Waals surface area contributed by atoms with E-state index in [0.29, 0.717) is 6.54 Å². The molecule has 2 N–H and O–H groups in total. The van der Waals surface area contributed by atoms with Crippen LogP contribution in [0.1, 0.15) is 18.2 Å². The second kappa shape index (κ2) is 5.63. The van der Waals surface area contributed by atoms with Crippen LogP contribution in [0.15, 0.2) is 30.5 Å². The van der Waals surface area contributed by atoms with Gasteiger partial charge in [-0.25, -0.2) is 0 Å². The van der Waals surface area contributed by atoms with Crippen molar-refractivity contribution in [3.05, 3.63) is 41.7 Å². The predicted octanol–water partition coefficient (Wildman–Crippen LogP) is 1.55. The number of nitrogens with zero attached hydrogens (tertiary/aromatic N) is 2. The minimum atomic E-state index is 0.498. The molecule has 15 heavy (non-hydrogen) atoms. The summed E-state index contributed by atoms with van der Waals surface area (Å²) in [5.74, 6) is 0. The van der Waals surface area contributed by atoms with Crippen LogP contribution < -0.4 is 5.73 Å². The maximum Gasteiger partial charge on any atom is 0.0542 e. The maximum absolute atomic E-state index is 5.54. The van der Waals surface area contributed by atoms with Crippen molar-refractivity contribution in [1.29, 1.82) is 0 Å². The first-order valence-electron chi connectivity index (χ1n) is 5.08. The van der Waals surface area contributed by atoms with Crippen molar-refractivity contribution >= 4 is 0 Å². The largest absolute Gasteiger partial charge is 0.325 e. The summed E-state index contributed by atoms with van der Waals surface area (Å²) in [7, 11) is 2.08. The molecule has 0 aliphatic rings. The molecule has 0 amide bonds. The lowest BCUT2D eigenvalue weighted by atomic mass is 10.2. The normalized spacial score (nSPS) is 10.7. The lowest BCUT2D eigenvalue weighted by Gasteiger charge is -2.16. The summed E-state index contributed by atoms with van der Waals surface area (Å²) in [4.78, 5) is 6.39. The van der Waals surface area contributed by atoms with Gasteiger partial charge in [-0.05, 0) is 31.7 Å². The third-order valence-corrected chi connectivity index (χ3v) is 2.08. The van der Waals surface area contributed by atoms with Crippen molar-refractivity contribution in [2.75, 3.05) is 13.6 Å². The second-order valence-electron chi connectivity index (χ2n) is 3.99. The predicted molar refractivity (Wildman–Crippen MR) is 63.3 cm³/mol. The molecule has 0 saturated heterocycles. The first-order chi connectivity index (χ1) is 7.11. The molecule has 1 aromatic rings. The Morgan fingerprint density at radius 2 is 2.33 bits per heavy atom. The highest BCUT2D eigenvalue weighted by atomic mass is 15.1. The molecule has 1 heterocycles. The Kier molecular flexibility index (Phi) is 4.46. The molecule has 1 aromatic heterocycles. The Hall–Kier alpha value is -1.19. The summed E-state index contributed by atoms with van der Waals surface area (Å²) in [5, 5.41) is 0. The van der Waals surface area contributed by atoms with Gasteiger partial charge in [-0.3, -0.25) is 9.88 Å². The number of pyridine rings is 1. The molecule has 0 aliphatic heterocycles. The molecule has 82 valence electrons. The summed E-state index contributed by atoms with van der Waals surface area (Å²) < 4.78 is 0. The van der Waals surface area contributed by atoms with E-state index < -0.39 is 0 Å². The third-order valence-electron chi connectivity index (χ3n) is 2.08. The smallest absolute Gasteiger partial charge is 0.0542 e. The molecular weight excluding hydrogens is 186 g/mol. The van der Waals surface area contributed by atoms with Gasteiger partial charge in [-0.1, -0.05) is 12.2 Å². The number of aromatic nitrogens is 1. The van der Waals surface area contributed by atoms with E-state index in [9.17, 15) is 0 Å². The molecular formula is C12H19N3. The lowest BCUT2D eigenvalue weighted by Crippen LogP contribution is -2.19. The Balaban J connectivity index is 2.59. The fourth-order valence-electron chi connectivity index (χ4n) is 1.57. The van der Waals surface area contributed by atoms with Gasteiger partial charge in [0.05, 0.1) is 5.69 Å². The average molecular weight is 205 g/mol. The number of rotatable bonds is 5. The molecule has 0 atom stereocenters. The van der Waals surface area contributed by atoms with E-state index in [4.69, 9.17) is 5.73 Å². The molecule has 0 fully saturated rings. The summed E-state index contributed by atoms with van der Waals surface area (Å²) in [5.41, 5.74) is 8.90. The molecule has 3 heteroatoms. The molecule has 0 saturated carbocycles. The van der Waals surface area contributed by atoms with Gasteiger partial charge >= 0.3 is 0 Å². The van der Waals surface area contributed by atoms with Gasteiger partial charge in [0.1, 0.15) is 0 Å². The zero-order valence-electron chi connectivity index (χ0n) is 9.53. The van der Waals surface area contributed by atoms with Crippen molar-refractivity contribution in [3.63, 3.8) is 0 Å². The van der Waals surface area contributed by atoms with Gasteiger partial charge in [-0.2, -0.15) is 0 Å². The summed E-state index contributed by atoms with van der Waals surface area (Å²) in [6.07, 6.45) is 1.81. The lowest BCUT2D eigenvalue weighted by molar-refractivity contribution is 0.355. The summed E-state index contributed by atoms with van der Waals surface area (Å²) >= 11 is 0. The first-order valence-corrected chi connectivity index (χ1v) is 5.08. The van der Waals surface area contributed by atoms with Gasteiger partial charge in [0.25, 0.3) is 0 Å². The van der Waals surface area contributed by atoms with E-state index in [1.165, 1.54) is 11.1 Å². The van der Waals surface area contributed by atoms with E-state index in [1.54, 1.807) is 0 Å². The summed E-state index contributed by atoms with van der Waals surface area (Å²) in [6, 6.07) is 4.07. The van der Waals surface area contributed by atoms with Gasteiger partial charge < -0.3 is 5.73 Å². The van der Waals surface area contributed by atoms with Crippen LogP contribution in [0.5, 0.6) is 0 Å². The molecule has 0 aromatic carbocycles. The first kappa shape index (κ1) is 11.9. The zero-order valence-corrected chi connectivity index (χ0v) is 9.53. The van der Waals surface area contributed by atoms with Crippen LogP contribution in [0, 0.1) is 0 Å². The van der Waals surface area contributed by atoms with Gasteiger partial charge in [0.15, 0.2) is 0 Å². The second-order valence-corrected chi connectivity index (χ2v) is 3.99. The number of nitrogens with two attached hydrogens (primary N) is 1. The number of likely N-dealkylation sites (N-methyl/N-ethyl adjacent to an activating group) is 1. The Labute approximate surface area is 91.6 Å². The van der Waals surface area contributed by atoms with Crippen LogP contribution in [0.25, 0.3) is 0 Å². The van der Waals surface area contributed by atoms with E-state index in [1.807, 2.05) is 19.2 Å². The fraction of sp³-hybridized carbons (Fsp3) is 0.417. The molecule has 0 aliphatic carbocycles. The monoisotopic (exact) mass is 205 g/mol. The van der Waals surface area contributed by atoms with Crippen molar-refractivity contribution in [2.24, 2.45) is 5.73 Å². The Morgan fingerprint density at radius 3 is 2.93 bits per heavy atom. The molecule has 0 unspecified atom stereocenters. The quantitative estimate of drug-likeness (QED) is 0.742. The highest BCUT2D eigenvalue weighted by Gasteiger charge is 2.01. The fourth-order valence-corrected chi connectivity index (χ4v) is 1.57. The zero-order chi connectivity index (χ0) is 11.3. The van der Waals surface area contributed by atoms with Crippen molar-refractivity contribution in [1.82, 2.24) is 9.88 Å². The molecule has 0 bridgehead atoms. The highest BCUT2D eigenvalue weighted by Crippen LogP contribution is 2.05. The molecule has 3 nitrogen and oxygen atoms in total. The number of hydrogen-bond donors (Lipinski definition) is 1. The van der Waals surface area contributed by atoms with Crippen LogP contribution in [0.2, 0.25) is 0 Å². The van der Waals surface area contributed by atoms with Crippen LogP contribution in [-0.4, -0.2) is 23.5 Å². The maximum atomic E-state index is 5.54. The van der Waals surface area contributed by atoms with Crippen LogP contribution in [-0.2, 0) is 13.1 Å². The standard InChI is InChI=1S/C12H19N3/c1-10(2)8-15(3)9-11-4-5-14-12(6-11)7-13/h4-6H,1,7-9,13H2,2-3H3. The minimum absolute atomic E-state index is 0.498. The van der Waals surface area contributed by atoms with Gasteiger partial charge in [0, 0.05) is 25.8 Å². The van der Waals surface area contributed by atoms with Crippen LogP contribution >= 0.6 is 0 Å². The van der Waals surface area contributed by atoms with Gasteiger partial charge in [0.2, 0.25) is 0 Å². The average Bonchev–Trinajstić information content (AvgIpc) is 2.16. The SMILES string of the molecule is C=C(C)CN(C)Cc1ccnc(CN)c1. The molecule has 0 radical (unpaired) electrons. The topological polar surface area (TPSA) is 42.2 Å². The minimum Gasteiger partial charge on any atom is -0.325 e. The molecule has 0 spiro atoms. The Morgan fingerprint density at radius 1 is 1.60 bits per heavy atom. The van der Waals surface area contributed by atoms with E-state index in [0.717, 1.165) is 18.8 Å². The Bertz CT molecular complexity index is 333. The van der Waals surface area contributed by atoms with Crippen molar-refractivity contribution < 1.29 is 0 Å². The third kappa shape index (κ3) is 4.23. The van der Waals surface area contributed by atoms with Crippen LogP contribution in [0.3, 0.4) is 0 Å². The van der Waals surface area contributed by atoms with E-state index in [-0.39, 0.29) is 0 Å². The van der Waals surface area contributed by atoms with E-state index in [2.05, 4.69) is 29.6 Å². The van der Waals surface area contributed by atoms with Crippen LogP contribution in [0.4, 0.5) is 0 Å². The van der Waals surface area contributed by atoms with Gasteiger partial charge in [-0.15, -0.1) is 0 Å². The summed E-state index contributed by atoms with van der Waals surface area (Å²) in [6.45, 7) is 8.25. The highest BCUT2D eigenvalue weighted by molar-refractivity contribution is 5.16. The van der Waals surface area contributed by atoms with E-state index >= 15 is 0 Å². The van der Waals surface area contributed by atoms with Crippen molar-refractivity contribution in [3.8, 4) is 0 Å². The molecule has 1 rings (SSSR count). The van der Waals surface area contributed by atoms with Crippen molar-refractivity contribution in [2.45, 2.75) is 20.0 Å².